The Kier molecular flexibility index (Phi) is 3.64. The highest BCUT2D eigenvalue weighted by Crippen LogP contribution is 2.24. The van der Waals surface area contributed by atoms with E-state index in [2.05, 4.69) is 0 Å². The lowest BCUT2D eigenvalue weighted by Crippen LogP contribution is -1.90. The fourth-order valence-corrected chi connectivity index (χ4v) is 2.35. The second kappa shape index (κ2) is 5.19. The van der Waals surface area contributed by atoms with Crippen LogP contribution in [0.1, 0.15) is 5.56 Å². The summed E-state index contributed by atoms with van der Waals surface area (Å²) in [6.07, 6.45) is 0. The van der Waals surface area contributed by atoms with Crippen LogP contribution < -0.4 is 5.73 Å². The number of rotatable bonds is 3. The van der Waals surface area contributed by atoms with E-state index in [1.54, 1.807) is 12.1 Å². The van der Waals surface area contributed by atoms with Crippen molar-refractivity contribution in [3.63, 3.8) is 0 Å². The topological polar surface area (TPSA) is 26.0 Å². The van der Waals surface area contributed by atoms with Crippen molar-refractivity contribution in [2.45, 2.75) is 10.6 Å². The average molecular weight is 251 g/mol. The molecule has 0 unspecified atom stereocenters. The van der Waals surface area contributed by atoms with Crippen LogP contribution in [0.4, 0.5) is 14.5 Å². The van der Waals surface area contributed by atoms with Crippen molar-refractivity contribution in [2.75, 3.05) is 5.73 Å². The number of thioether (sulfide) groups is 1. The summed E-state index contributed by atoms with van der Waals surface area (Å²) in [6, 6.07) is 10.7. The van der Waals surface area contributed by atoms with Crippen molar-refractivity contribution in [3.05, 3.63) is 59.7 Å². The van der Waals surface area contributed by atoms with E-state index in [1.807, 2.05) is 6.07 Å². The van der Waals surface area contributed by atoms with Gasteiger partial charge in [0.15, 0.2) is 0 Å². The molecule has 0 spiro atoms. The SMILES string of the molecule is Nc1cc(F)cc(CSc2cccc(F)c2)c1. The van der Waals surface area contributed by atoms with Crippen molar-refractivity contribution in [3.8, 4) is 0 Å². The molecule has 4 heteroatoms. The first kappa shape index (κ1) is 11.9. The van der Waals surface area contributed by atoms with Gasteiger partial charge in [0.05, 0.1) is 0 Å². The summed E-state index contributed by atoms with van der Waals surface area (Å²) >= 11 is 1.44. The fraction of sp³-hybridized carbons (Fsp3) is 0.0769. The van der Waals surface area contributed by atoms with Crippen LogP contribution in [0.15, 0.2) is 47.4 Å². The Morgan fingerprint density at radius 2 is 1.82 bits per heavy atom. The van der Waals surface area contributed by atoms with Crippen molar-refractivity contribution in [2.24, 2.45) is 0 Å². The van der Waals surface area contributed by atoms with E-state index in [0.717, 1.165) is 10.5 Å². The summed E-state index contributed by atoms with van der Waals surface area (Å²) < 4.78 is 26.0. The Morgan fingerprint density at radius 1 is 1.00 bits per heavy atom. The molecule has 0 saturated carbocycles. The Bertz CT molecular complexity index is 508. The highest BCUT2D eigenvalue weighted by atomic mass is 32.2. The van der Waals surface area contributed by atoms with Crippen molar-refractivity contribution in [1.82, 2.24) is 0 Å². The van der Waals surface area contributed by atoms with Crippen LogP contribution in [0, 0.1) is 11.6 Å². The molecule has 0 amide bonds. The van der Waals surface area contributed by atoms with Crippen LogP contribution in [0.2, 0.25) is 0 Å². The third-order valence-electron chi connectivity index (χ3n) is 2.18. The first-order chi connectivity index (χ1) is 8.13. The lowest BCUT2D eigenvalue weighted by molar-refractivity contribution is 0.624. The van der Waals surface area contributed by atoms with E-state index >= 15 is 0 Å². The average Bonchev–Trinajstić information content (AvgIpc) is 2.25. The standard InChI is InChI=1S/C13H11F2NS/c14-10-2-1-3-13(7-10)17-8-9-4-11(15)6-12(16)5-9/h1-7H,8,16H2. The number of benzene rings is 2. The van der Waals surface area contributed by atoms with Gasteiger partial charge in [-0.3, -0.25) is 0 Å². The lowest BCUT2D eigenvalue weighted by atomic mass is 10.2. The minimum atomic E-state index is -0.347. The van der Waals surface area contributed by atoms with Gasteiger partial charge in [-0.05, 0) is 42.0 Å². The summed E-state index contributed by atoms with van der Waals surface area (Å²) in [5, 5.41) is 0. The normalized spacial score (nSPS) is 10.5. The molecule has 0 radical (unpaired) electrons. The van der Waals surface area contributed by atoms with E-state index in [0.29, 0.717) is 11.4 Å². The van der Waals surface area contributed by atoms with Crippen molar-refractivity contribution < 1.29 is 8.78 Å². The molecule has 0 bridgehead atoms. The maximum atomic E-state index is 13.1. The van der Waals surface area contributed by atoms with E-state index in [9.17, 15) is 8.78 Å². The Balaban J connectivity index is 2.07. The second-order valence-electron chi connectivity index (χ2n) is 3.64. The zero-order valence-electron chi connectivity index (χ0n) is 8.99. The molecule has 0 atom stereocenters. The van der Waals surface area contributed by atoms with Crippen molar-refractivity contribution >= 4 is 17.4 Å². The minimum Gasteiger partial charge on any atom is -0.399 e. The maximum Gasteiger partial charge on any atom is 0.125 e. The number of nitrogen functional groups attached to an aromatic ring is 1. The molecule has 0 fully saturated rings. The van der Waals surface area contributed by atoms with E-state index in [1.165, 1.54) is 36.0 Å². The molecule has 2 aromatic carbocycles. The van der Waals surface area contributed by atoms with Crippen molar-refractivity contribution in [1.29, 1.82) is 0 Å². The smallest absolute Gasteiger partial charge is 0.125 e. The minimum absolute atomic E-state index is 0.270. The molecule has 0 saturated heterocycles. The quantitative estimate of drug-likeness (QED) is 0.662. The second-order valence-corrected chi connectivity index (χ2v) is 4.69. The largest absolute Gasteiger partial charge is 0.399 e. The molecule has 0 aliphatic rings. The van der Waals surface area contributed by atoms with E-state index in [4.69, 9.17) is 5.73 Å². The predicted molar refractivity (Wildman–Crippen MR) is 66.8 cm³/mol. The number of hydrogen-bond donors (Lipinski definition) is 1. The van der Waals surface area contributed by atoms with Gasteiger partial charge in [-0.1, -0.05) is 6.07 Å². The summed E-state index contributed by atoms with van der Waals surface area (Å²) in [4.78, 5) is 0.813. The molecule has 0 aromatic heterocycles. The number of halogens is 2. The lowest BCUT2D eigenvalue weighted by Gasteiger charge is -2.04. The highest BCUT2D eigenvalue weighted by Gasteiger charge is 2.01. The predicted octanol–water partition coefficient (Wildman–Crippen LogP) is 3.84. The van der Waals surface area contributed by atoms with Crippen LogP contribution in [0.3, 0.4) is 0 Å². The summed E-state index contributed by atoms with van der Waals surface area (Å²) in [5.41, 5.74) is 6.73. The Morgan fingerprint density at radius 3 is 2.53 bits per heavy atom. The van der Waals surface area contributed by atoms with Gasteiger partial charge in [0.25, 0.3) is 0 Å². The van der Waals surface area contributed by atoms with Gasteiger partial charge < -0.3 is 5.73 Å². The van der Waals surface area contributed by atoms with Crippen LogP contribution in [0.25, 0.3) is 0 Å². The highest BCUT2D eigenvalue weighted by molar-refractivity contribution is 7.98. The Labute approximate surface area is 103 Å². The van der Waals surface area contributed by atoms with Gasteiger partial charge >= 0.3 is 0 Å². The maximum absolute atomic E-state index is 13.1. The third-order valence-corrected chi connectivity index (χ3v) is 3.25. The summed E-state index contributed by atoms with van der Waals surface area (Å²) in [5.74, 6) is -0.0561. The molecule has 2 aromatic rings. The monoisotopic (exact) mass is 251 g/mol. The van der Waals surface area contributed by atoms with Crippen LogP contribution >= 0.6 is 11.8 Å². The molecular weight excluding hydrogens is 240 g/mol. The molecule has 2 rings (SSSR count). The van der Waals surface area contributed by atoms with Gasteiger partial charge in [0.2, 0.25) is 0 Å². The molecule has 2 N–H and O–H groups in total. The fourth-order valence-electron chi connectivity index (χ4n) is 1.48. The number of nitrogens with two attached hydrogens (primary N) is 1. The summed E-state index contributed by atoms with van der Waals surface area (Å²) in [6.45, 7) is 0. The third kappa shape index (κ3) is 3.46. The molecule has 0 heterocycles. The molecule has 88 valence electrons. The molecule has 0 aliphatic carbocycles. The first-order valence-corrected chi connectivity index (χ1v) is 6.05. The van der Waals surface area contributed by atoms with Crippen LogP contribution in [0.5, 0.6) is 0 Å². The molecular formula is C13H11F2NS. The molecule has 0 aliphatic heterocycles. The van der Waals surface area contributed by atoms with Gasteiger partial charge in [-0.2, -0.15) is 0 Å². The van der Waals surface area contributed by atoms with Gasteiger partial charge in [0.1, 0.15) is 11.6 Å². The Hall–Kier alpha value is -1.55. The molecule has 17 heavy (non-hydrogen) atoms. The molecule has 1 nitrogen and oxygen atoms in total. The van der Waals surface area contributed by atoms with Crippen LogP contribution in [-0.4, -0.2) is 0 Å². The number of anilines is 1. The summed E-state index contributed by atoms with van der Waals surface area (Å²) in [7, 11) is 0. The van der Waals surface area contributed by atoms with Gasteiger partial charge in [-0.15, -0.1) is 11.8 Å². The zero-order valence-corrected chi connectivity index (χ0v) is 9.81. The first-order valence-electron chi connectivity index (χ1n) is 5.07. The van der Waals surface area contributed by atoms with Gasteiger partial charge in [-0.25, -0.2) is 8.78 Å². The number of hydrogen-bond acceptors (Lipinski definition) is 2. The van der Waals surface area contributed by atoms with Gasteiger partial charge in [0, 0.05) is 16.3 Å². The van der Waals surface area contributed by atoms with E-state index in [-0.39, 0.29) is 11.6 Å². The van der Waals surface area contributed by atoms with E-state index < -0.39 is 0 Å². The van der Waals surface area contributed by atoms with Crippen LogP contribution in [-0.2, 0) is 5.75 Å². The zero-order chi connectivity index (χ0) is 12.3.